The van der Waals surface area contributed by atoms with Crippen molar-refractivity contribution >= 4 is 22.9 Å². The van der Waals surface area contributed by atoms with Gasteiger partial charge in [0.1, 0.15) is 5.75 Å². The second-order valence-electron chi connectivity index (χ2n) is 3.59. The zero-order valence-electron chi connectivity index (χ0n) is 9.69. The monoisotopic (exact) mass is 247 g/mol. The zero-order valence-corrected chi connectivity index (χ0v) is 10.5. The summed E-state index contributed by atoms with van der Waals surface area (Å²) in [7, 11) is 1.61. The highest BCUT2D eigenvalue weighted by atomic mass is 32.1. The maximum absolute atomic E-state index is 11.8. The number of carbonyl (C=O) groups is 1. The van der Waals surface area contributed by atoms with Crippen LogP contribution in [0.3, 0.4) is 0 Å². The molecule has 0 aliphatic rings. The van der Waals surface area contributed by atoms with Crippen molar-refractivity contribution in [1.29, 1.82) is 0 Å². The Labute approximate surface area is 104 Å². The maximum atomic E-state index is 11.8. The molecule has 1 amide bonds. The first-order valence-corrected chi connectivity index (χ1v) is 6.02. The lowest BCUT2D eigenvalue weighted by Gasteiger charge is -2.04. The van der Waals surface area contributed by atoms with Crippen LogP contribution in [0.2, 0.25) is 0 Å². The van der Waals surface area contributed by atoms with Gasteiger partial charge >= 0.3 is 0 Å². The van der Waals surface area contributed by atoms with Gasteiger partial charge in [-0.15, -0.1) is 11.3 Å². The molecule has 88 valence electrons. The third-order valence-corrected chi connectivity index (χ3v) is 3.31. The number of anilines is 1. The van der Waals surface area contributed by atoms with E-state index >= 15 is 0 Å². The lowest BCUT2D eigenvalue weighted by atomic mass is 10.3. The molecular formula is C13H13NO2S. The highest BCUT2D eigenvalue weighted by Crippen LogP contribution is 2.19. The Morgan fingerprint density at radius 1 is 1.18 bits per heavy atom. The summed E-state index contributed by atoms with van der Waals surface area (Å²) in [6.07, 6.45) is 0. The fourth-order valence-corrected chi connectivity index (χ4v) is 2.19. The van der Waals surface area contributed by atoms with Crippen molar-refractivity contribution in [3.8, 4) is 5.75 Å². The van der Waals surface area contributed by atoms with Crippen molar-refractivity contribution in [3.63, 3.8) is 0 Å². The van der Waals surface area contributed by atoms with Gasteiger partial charge in [0.2, 0.25) is 0 Å². The molecule has 1 N–H and O–H groups in total. The molecule has 0 fully saturated rings. The summed E-state index contributed by atoms with van der Waals surface area (Å²) in [4.78, 5) is 13.7. The fraction of sp³-hybridized carbons (Fsp3) is 0.154. The number of methoxy groups -OCH3 is 1. The minimum atomic E-state index is -0.0757. The third-order valence-electron chi connectivity index (χ3n) is 2.31. The number of nitrogens with one attached hydrogen (secondary N) is 1. The Morgan fingerprint density at radius 3 is 2.41 bits per heavy atom. The minimum absolute atomic E-state index is 0.0757. The van der Waals surface area contributed by atoms with Crippen LogP contribution in [0.15, 0.2) is 36.4 Å². The van der Waals surface area contributed by atoms with Crippen LogP contribution < -0.4 is 10.1 Å². The molecule has 0 saturated heterocycles. The van der Waals surface area contributed by atoms with E-state index in [1.807, 2.05) is 43.3 Å². The molecule has 0 spiro atoms. The van der Waals surface area contributed by atoms with Crippen molar-refractivity contribution in [2.24, 2.45) is 0 Å². The van der Waals surface area contributed by atoms with Crippen LogP contribution in [0, 0.1) is 6.92 Å². The van der Waals surface area contributed by atoms with E-state index in [0.29, 0.717) is 0 Å². The SMILES string of the molecule is COc1ccc(NC(=O)c2ccc(C)s2)cc1. The second-order valence-corrected chi connectivity index (χ2v) is 4.88. The van der Waals surface area contributed by atoms with E-state index in [-0.39, 0.29) is 5.91 Å². The number of rotatable bonds is 3. The van der Waals surface area contributed by atoms with E-state index in [1.165, 1.54) is 11.3 Å². The van der Waals surface area contributed by atoms with E-state index in [4.69, 9.17) is 4.74 Å². The molecule has 0 unspecified atom stereocenters. The molecule has 4 heteroatoms. The minimum Gasteiger partial charge on any atom is -0.497 e. The Bertz CT molecular complexity index is 516. The highest BCUT2D eigenvalue weighted by Gasteiger charge is 2.07. The average Bonchev–Trinajstić information content (AvgIpc) is 2.77. The molecule has 0 aliphatic carbocycles. The molecule has 0 atom stereocenters. The molecule has 0 aliphatic heterocycles. The average molecular weight is 247 g/mol. The topological polar surface area (TPSA) is 38.3 Å². The largest absolute Gasteiger partial charge is 0.497 e. The number of hydrogen-bond donors (Lipinski definition) is 1. The number of hydrogen-bond acceptors (Lipinski definition) is 3. The lowest BCUT2D eigenvalue weighted by molar-refractivity contribution is 0.103. The van der Waals surface area contributed by atoms with Gasteiger partial charge in [0.15, 0.2) is 0 Å². The smallest absolute Gasteiger partial charge is 0.265 e. The van der Waals surface area contributed by atoms with E-state index in [1.54, 1.807) is 7.11 Å². The second kappa shape index (κ2) is 5.01. The summed E-state index contributed by atoms with van der Waals surface area (Å²) in [6.45, 7) is 1.98. The van der Waals surface area contributed by atoms with Gasteiger partial charge in [0.05, 0.1) is 12.0 Å². The van der Waals surface area contributed by atoms with Gasteiger partial charge in [-0.05, 0) is 43.3 Å². The number of thiophene rings is 1. The lowest BCUT2D eigenvalue weighted by Crippen LogP contribution is -2.09. The van der Waals surface area contributed by atoms with Gasteiger partial charge in [0, 0.05) is 10.6 Å². The first-order valence-electron chi connectivity index (χ1n) is 5.21. The summed E-state index contributed by atoms with van der Waals surface area (Å²) in [5.41, 5.74) is 0.766. The van der Waals surface area contributed by atoms with Crippen LogP contribution in [-0.4, -0.2) is 13.0 Å². The van der Waals surface area contributed by atoms with Gasteiger partial charge < -0.3 is 10.1 Å². The Hall–Kier alpha value is -1.81. The predicted octanol–water partition coefficient (Wildman–Crippen LogP) is 3.32. The molecule has 2 rings (SSSR count). The molecule has 0 saturated carbocycles. The Morgan fingerprint density at radius 2 is 1.88 bits per heavy atom. The first kappa shape index (κ1) is 11.7. The van der Waals surface area contributed by atoms with Crippen molar-refractivity contribution in [3.05, 3.63) is 46.2 Å². The van der Waals surface area contributed by atoms with Crippen molar-refractivity contribution in [2.75, 3.05) is 12.4 Å². The fourth-order valence-electron chi connectivity index (χ4n) is 1.42. The number of carbonyl (C=O) groups excluding carboxylic acids is 1. The Kier molecular flexibility index (Phi) is 3.44. The van der Waals surface area contributed by atoms with Crippen LogP contribution >= 0.6 is 11.3 Å². The third kappa shape index (κ3) is 2.85. The van der Waals surface area contributed by atoms with Crippen LogP contribution in [0.4, 0.5) is 5.69 Å². The van der Waals surface area contributed by atoms with Crippen molar-refractivity contribution in [1.82, 2.24) is 0 Å². The standard InChI is InChI=1S/C13H13NO2S/c1-9-3-8-12(17-9)13(15)14-10-4-6-11(16-2)7-5-10/h3-8H,1-2H3,(H,14,15). The molecule has 2 aromatic rings. The molecule has 1 heterocycles. The van der Waals surface area contributed by atoms with E-state index < -0.39 is 0 Å². The highest BCUT2D eigenvalue weighted by molar-refractivity contribution is 7.14. The zero-order chi connectivity index (χ0) is 12.3. The summed E-state index contributed by atoms with van der Waals surface area (Å²) < 4.78 is 5.05. The summed E-state index contributed by atoms with van der Waals surface area (Å²) >= 11 is 1.49. The quantitative estimate of drug-likeness (QED) is 0.903. The predicted molar refractivity (Wildman–Crippen MR) is 70.0 cm³/mol. The van der Waals surface area contributed by atoms with Crippen molar-refractivity contribution in [2.45, 2.75) is 6.92 Å². The summed E-state index contributed by atoms with van der Waals surface area (Å²) in [5, 5.41) is 2.84. The van der Waals surface area contributed by atoms with Crippen LogP contribution in [0.1, 0.15) is 14.5 Å². The number of benzene rings is 1. The molecule has 0 radical (unpaired) electrons. The first-order chi connectivity index (χ1) is 8.19. The van der Waals surface area contributed by atoms with E-state index in [9.17, 15) is 4.79 Å². The normalized spacial score (nSPS) is 10.0. The van der Waals surface area contributed by atoms with Crippen LogP contribution in [0.25, 0.3) is 0 Å². The van der Waals surface area contributed by atoms with Gasteiger partial charge in [-0.25, -0.2) is 0 Å². The maximum Gasteiger partial charge on any atom is 0.265 e. The molecule has 1 aromatic carbocycles. The molecular weight excluding hydrogens is 234 g/mol. The summed E-state index contributed by atoms with van der Waals surface area (Å²) in [5.74, 6) is 0.697. The number of amides is 1. The molecule has 1 aromatic heterocycles. The van der Waals surface area contributed by atoms with Crippen LogP contribution in [0.5, 0.6) is 5.75 Å². The Balaban J connectivity index is 2.07. The molecule has 3 nitrogen and oxygen atoms in total. The molecule has 0 bridgehead atoms. The van der Waals surface area contributed by atoms with Crippen molar-refractivity contribution < 1.29 is 9.53 Å². The van der Waals surface area contributed by atoms with Crippen LogP contribution in [-0.2, 0) is 0 Å². The van der Waals surface area contributed by atoms with Gasteiger partial charge in [-0.3, -0.25) is 4.79 Å². The van der Waals surface area contributed by atoms with Gasteiger partial charge in [-0.1, -0.05) is 0 Å². The number of ether oxygens (including phenoxy) is 1. The van der Waals surface area contributed by atoms with Gasteiger partial charge in [-0.2, -0.15) is 0 Å². The molecule has 17 heavy (non-hydrogen) atoms. The number of aryl methyl sites for hydroxylation is 1. The summed E-state index contributed by atoms with van der Waals surface area (Å²) in [6, 6.07) is 11.0. The van der Waals surface area contributed by atoms with E-state index in [0.717, 1.165) is 21.2 Å². The van der Waals surface area contributed by atoms with Gasteiger partial charge in [0.25, 0.3) is 5.91 Å². The van der Waals surface area contributed by atoms with E-state index in [2.05, 4.69) is 5.32 Å².